The van der Waals surface area contributed by atoms with Crippen molar-refractivity contribution in [3.63, 3.8) is 0 Å². The third-order valence-electron chi connectivity index (χ3n) is 4.72. The maximum Gasteiger partial charge on any atom is 0.278 e. The molecular formula is C22H25F2NO2. The van der Waals surface area contributed by atoms with Gasteiger partial charge in [-0.1, -0.05) is 31.2 Å². The first-order chi connectivity index (χ1) is 12.8. The number of pyridine rings is 1. The fourth-order valence-corrected chi connectivity index (χ4v) is 3.05. The molecule has 0 saturated heterocycles. The Morgan fingerprint density at radius 1 is 1.22 bits per heavy atom. The van der Waals surface area contributed by atoms with Crippen LogP contribution < -0.4 is 4.74 Å². The molecule has 3 nitrogen and oxygen atoms in total. The molecule has 27 heavy (non-hydrogen) atoms. The average Bonchev–Trinajstić information content (AvgIpc) is 3.45. The van der Waals surface area contributed by atoms with Gasteiger partial charge in [0.15, 0.2) is 6.61 Å². The summed E-state index contributed by atoms with van der Waals surface area (Å²) in [5.74, 6) is -1.74. The first-order valence-electron chi connectivity index (χ1n) is 9.37. The van der Waals surface area contributed by atoms with Crippen molar-refractivity contribution in [1.82, 2.24) is 4.98 Å². The number of rotatable bonds is 9. The third kappa shape index (κ3) is 6.12. The summed E-state index contributed by atoms with van der Waals surface area (Å²) in [5.41, 5.74) is 3.16. The molecule has 5 heteroatoms. The van der Waals surface area contributed by atoms with Crippen molar-refractivity contribution in [3.8, 4) is 5.75 Å². The Hall–Kier alpha value is -2.30. The van der Waals surface area contributed by atoms with Crippen LogP contribution in [0.1, 0.15) is 61.8 Å². The fraction of sp³-hybridized carbons (Fsp3) is 0.455. The maximum atomic E-state index is 12.8. The lowest BCUT2D eigenvalue weighted by atomic mass is 9.96. The minimum Gasteiger partial charge on any atom is -0.486 e. The molecule has 3 rings (SSSR count). The lowest BCUT2D eigenvalue weighted by molar-refractivity contribution is -0.118. The van der Waals surface area contributed by atoms with Crippen molar-refractivity contribution < 1.29 is 18.3 Å². The van der Waals surface area contributed by atoms with Crippen molar-refractivity contribution in [2.45, 2.75) is 57.3 Å². The van der Waals surface area contributed by atoms with E-state index in [0.29, 0.717) is 18.6 Å². The summed E-state index contributed by atoms with van der Waals surface area (Å²) < 4.78 is 30.7. The molecule has 1 heterocycles. The number of benzene rings is 1. The molecule has 1 fully saturated rings. The standard InChI is InChI=1S/C22H25F2NO2/c1-15(21-10-9-20(13-25-21)27-14-22(2,23)24)11-19(26)12-16-3-5-17(6-4-16)18-7-8-18/h3-6,9-10,13,15,18H,7-8,11-12,14H2,1-2H3/t15-/m0/s1. The van der Waals surface area contributed by atoms with Gasteiger partial charge in [0, 0.05) is 31.4 Å². The van der Waals surface area contributed by atoms with E-state index in [0.717, 1.165) is 24.1 Å². The van der Waals surface area contributed by atoms with Crippen LogP contribution >= 0.6 is 0 Å². The molecule has 1 aromatic heterocycles. The number of hydrogen-bond acceptors (Lipinski definition) is 3. The minimum absolute atomic E-state index is 0.0371. The molecule has 0 N–H and O–H groups in total. The van der Waals surface area contributed by atoms with E-state index in [-0.39, 0.29) is 11.7 Å². The van der Waals surface area contributed by atoms with Gasteiger partial charge in [0.25, 0.3) is 5.92 Å². The van der Waals surface area contributed by atoms with Gasteiger partial charge in [-0.2, -0.15) is 0 Å². The van der Waals surface area contributed by atoms with Crippen molar-refractivity contribution in [1.29, 1.82) is 0 Å². The summed E-state index contributed by atoms with van der Waals surface area (Å²) in [6, 6.07) is 11.7. The van der Waals surface area contributed by atoms with Crippen LogP contribution in [0.25, 0.3) is 0 Å². The highest BCUT2D eigenvalue weighted by atomic mass is 19.3. The zero-order chi connectivity index (χ0) is 19.4. The van der Waals surface area contributed by atoms with E-state index in [1.54, 1.807) is 12.1 Å². The monoisotopic (exact) mass is 373 g/mol. The normalized spacial score (nSPS) is 15.4. The molecule has 2 aromatic rings. The van der Waals surface area contributed by atoms with E-state index in [1.165, 1.54) is 24.6 Å². The third-order valence-corrected chi connectivity index (χ3v) is 4.72. The molecule has 0 amide bonds. The SMILES string of the molecule is C[C@@H](CC(=O)Cc1ccc(C2CC2)cc1)c1ccc(OCC(C)(F)F)cn1. The van der Waals surface area contributed by atoms with Gasteiger partial charge >= 0.3 is 0 Å². The van der Waals surface area contributed by atoms with Crippen LogP contribution in [0.15, 0.2) is 42.6 Å². The Labute approximate surface area is 158 Å². The van der Waals surface area contributed by atoms with E-state index in [2.05, 4.69) is 17.1 Å². The van der Waals surface area contributed by atoms with Crippen molar-refractivity contribution in [2.75, 3.05) is 6.61 Å². The Morgan fingerprint density at radius 3 is 2.48 bits per heavy atom. The topological polar surface area (TPSA) is 39.2 Å². The van der Waals surface area contributed by atoms with Crippen molar-refractivity contribution in [3.05, 3.63) is 59.4 Å². The van der Waals surface area contributed by atoms with Gasteiger partial charge in [0.1, 0.15) is 11.5 Å². The second kappa shape index (κ2) is 8.15. The summed E-state index contributed by atoms with van der Waals surface area (Å²) in [6.45, 7) is 2.07. The zero-order valence-corrected chi connectivity index (χ0v) is 15.8. The van der Waals surface area contributed by atoms with Crippen LogP contribution in [0.4, 0.5) is 8.78 Å². The summed E-state index contributed by atoms with van der Waals surface area (Å²) in [4.78, 5) is 16.6. The number of halogens is 2. The maximum absolute atomic E-state index is 12.8. The van der Waals surface area contributed by atoms with Gasteiger partial charge in [-0.05, 0) is 42.0 Å². The lowest BCUT2D eigenvalue weighted by Crippen LogP contribution is -2.21. The van der Waals surface area contributed by atoms with Gasteiger partial charge in [-0.3, -0.25) is 9.78 Å². The fourth-order valence-electron chi connectivity index (χ4n) is 3.05. The summed E-state index contributed by atoms with van der Waals surface area (Å²) >= 11 is 0. The number of ketones is 1. The number of alkyl halides is 2. The molecule has 144 valence electrons. The molecule has 1 atom stereocenters. The second-order valence-electron chi connectivity index (χ2n) is 7.61. The molecular weight excluding hydrogens is 348 g/mol. The Bertz CT molecular complexity index is 762. The molecule has 1 saturated carbocycles. The van der Waals surface area contributed by atoms with E-state index >= 15 is 0 Å². The summed E-state index contributed by atoms with van der Waals surface area (Å²) in [7, 11) is 0. The number of aromatic nitrogens is 1. The Morgan fingerprint density at radius 2 is 1.93 bits per heavy atom. The average molecular weight is 373 g/mol. The largest absolute Gasteiger partial charge is 0.486 e. The number of ether oxygens (including phenoxy) is 1. The molecule has 1 aliphatic rings. The molecule has 1 aliphatic carbocycles. The second-order valence-corrected chi connectivity index (χ2v) is 7.61. The van der Waals surface area contributed by atoms with Crippen LogP contribution in [0.2, 0.25) is 0 Å². The number of hydrogen-bond donors (Lipinski definition) is 0. The van der Waals surface area contributed by atoms with Gasteiger partial charge in [-0.15, -0.1) is 0 Å². The number of carbonyl (C=O) groups is 1. The van der Waals surface area contributed by atoms with Crippen LogP contribution in [-0.2, 0) is 11.2 Å². The van der Waals surface area contributed by atoms with Gasteiger partial charge in [0.05, 0.1) is 6.20 Å². The van der Waals surface area contributed by atoms with Crippen LogP contribution in [0.5, 0.6) is 5.75 Å². The van der Waals surface area contributed by atoms with Crippen LogP contribution in [0, 0.1) is 0 Å². The summed E-state index contributed by atoms with van der Waals surface area (Å²) in [6.07, 6.45) is 4.78. The zero-order valence-electron chi connectivity index (χ0n) is 15.8. The van der Waals surface area contributed by atoms with Gasteiger partial charge < -0.3 is 4.74 Å². The Kier molecular flexibility index (Phi) is 5.88. The molecule has 0 unspecified atom stereocenters. The predicted molar refractivity (Wildman–Crippen MR) is 101 cm³/mol. The van der Waals surface area contributed by atoms with E-state index in [4.69, 9.17) is 4.74 Å². The van der Waals surface area contributed by atoms with E-state index < -0.39 is 12.5 Å². The quantitative estimate of drug-likeness (QED) is 0.599. The van der Waals surface area contributed by atoms with Gasteiger partial charge in [-0.25, -0.2) is 8.78 Å². The highest BCUT2D eigenvalue weighted by Gasteiger charge is 2.23. The van der Waals surface area contributed by atoms with Crippen LogP contribution in [0.3, 0.4) is 0 Å². The van der Waals surface area contributed by atoms with Crippen molar-refractivity contribution >= 4 is 5.78 Å². The van der Waals surface area contributed by atoms with Gasteiger partial charge in [0.2, 0.25) is 0 Å². The molecule has 0 bridgehead atoms. The van der Waals surface area contributed by atoms with E-state index in [1.807, 2.05) is 19.1 Å². The first kappa shape index (κ1) is 19.5. The minimum atomic E-state index is -2.88. The highest BCUT2D eigenvalue weighted by Crippen LogP contribution is 2.39. The molecule has 0 spiro atoms. The van der Waals surface area contributed by atoms with Crippen molar-refractivity contribution in [2.24, 2.45) is 0 Å². The highest BCUT2D eigenvalue weighted by molar-refractivity contribution is 5.81. The number of carbonyl (C=O) groups excluding carboxylic acids is 1. The number of nitrogens with zero attached hydrogens (tertiary/aromatic N) is 1. The first-order valence-corrected chi connectivity index (χ1v) is 9.37. The molecule has 0 aliphatic heterocycles. The number of Topliss-reactive ketones (excluding diaryl/α,β-unsaturated/α-hetero) is 1. The molecule has 0 radical (unpaired) electrons. The van der Waals surface area contributed by atoms with E-state index in [9.17, 15) is 13.6 Å². The van der Waals surface area contributed by atoms with Crippen LogP contribution in [-0.4, -0.2) is 23.3 Å². The Balaban J connectivity index is 1.49. The summed E-state index contributed by atoms with van der Waals surface area (Å²) in [5, 5.41) is 0. The smallest absolute Gasteiger partial charge is 0.278 e. The predicted octanol–water partition coefficient (Wildman–Crippen LogP) is 5.30. The lowest BCUT2D eigenvalue weighted by Gasteiger charge is -2.13. The molecule has 1 aromatic carbocycles.